The Morgan fingerprint density at radius 1 is 1.12 bits per heavy atom. The lowest BCUT2D eigenvalue weighted by Crippen LogP contribution is -2.40. The molecule has 5 nitrogen and oxygen atoms in total. The van der Waals surface area contributed by atoms with Crippen molar-refractivity contribution in [2.75, 3.05) is 27.3 Å². The van der Waals surface area contributed by atoms with Gasteiger partial charge in [0.1, 0.15) is 5.75 Å². The van der Waals surface area contributed by atoms with Gasteiger partial charge in [-0.05, 0) is 49.1 Å². The molecule has 0 aliphatic carbocycles. The number of aryl methyl sites for hydroxylation is 1. The molecule has 6 heteroatoms. The van der Waals surface area contributed by atoms with Crippen molar-refractivity contribution in [1.82, 2.24) is 4.90 Å². The summed E-state index contributed by atoms with van der Waals surface area (Å²) in [5, 5.41) is 0. The van der Waals surface area contributed by atoms with Crippen LogP contribution in [0.4, 0.5) is 0 Å². The first kappa shape index (κ1) is 18.5. The molecule has 1 aromatic carbocycles. The van der Waals surface area contributed by atoms with Gasteiger partial charge in [0.25, 0.3) is 5.91 Å². The SMILES string of the molecule is COC(=O)C1CCN(C(=O)c2cc(-c3ccc(OC)cc3)c(C)s2)CC1. The Morgan fingerprint density at radius 2 is 1.77 bits per heavy atom. The largest absolute Gasteiger partial charge is 0.497 e. The van der Waals surface area contributed by atoms with E-state index >= 15 is 0 Å². The van der Waals surface area contributed by atoms with Crippen LogP contribution in [0.15, 0.2) is 30.3 Å². The number of methoxy groups -OCH3 is 2. The second-order valence-corrected chi connectivity index (χ2v) is 7.65. The molecular formula is C20H23NO4S. The number of nitrogens with zero attached hydrogens (tertiary/aromatic N) is 1. The van der Waals surface area contributed by atoms with Crippen LogP contribution in [0.5, 0.6) is 5.75 Å². The van der Waals surface area contributed by atoms with Gasteiger partial charge in [-0.1, -0.05) is 12.1 Å². The van der Waals surface area contributed by atoms with Crippen molar-refractivity contribution in [2.45, 2.75) is 19.8 Å². The standard InChI is InChI=1S/C20H23NO4S/c1-13-17(14-4-6-16(24-2)7-5-14)12-18(26-13)19(22)21-10-8-15(9-11-21)20(23)25-3/h4-7,12,15H,8-11H2,1-3H3. The summed E-state index contributed by atoms with van der Waals surface area (Å²) in [6, 6.07) is 9.82. The zero-order valence-electron chi connectivity index (χ0n) is 15.3. The topological polar surface area (TPSA) is 55.8 Å². The number of hydrogen-bond donors (Lipinski definition) is 0. The van der Waals surface area contributed by atoms with E-state index in [0.717, 1.165) is 26.6 Å². The highest BCUT2D eigenvalue weighted by molar-refractivity contribution is 7.14. The van der Waals surface area contributed by atoms with Crippen LogP contribution in [-0.2, 0) is 9.53 Å². The Balaban J connectivity index is 1.72. The second-order valence-electron chi connectivity index (χ2n) is 6.40. The number of hydrogen-bond acceptors (Lipinski definition) is 5. The molecule has 0 unspecified atom stereocenters. The van der Waals surface area contributed by atoms with Gasteiger partial charge in [-0.2, -0.15) is 0 Å². The number of rotatable bonds is 4. The molecule has 1 aliphatic rings. The molecular weight excluding hydrogens is 350 g/mol. The third-order valence-corrected chi connectivity index (χ3v) is 5.88. The molecule has 1 aromatic heterocycles. The van der Waals surface area contributed by atoms with Gasteiger partial charge in [-0.25, -0.2) is 0 Å². The summed E-state index contributed by atoms with van der Waals surface area (Å²) >= 11 is 1.52. The summed E-state index contributed by atoms with van der Waals surface area (Å²) in [5.41, 5.74) is 2.15. The minimum absolute atomic E-state index is 0.0428. The van der Waals surface area contributed by atoms with Crippen LogP contribution in [0.3, 0.4) is 0 Å². The van der Waals surface area contributed by atoms with E-state index < -0.39 is 0 Å². The molecule has 1 saturated heterocycles. The highest BCUT2D eigenvalue weighted by atomic mass is 32.1. The molecule has 0 N–H and O–H groups in total. The number of thiophene rings is 1. The van der Waals surface area contributed by atoms with Crippen molar-refractivity contribution >= 4 is 23.2 Å². The zero-order chi connectivity index (χ0) is 18.7. The first-order valence-electron chi connectivity index (χ1n) is 8.65. The average molecular weight is 373 g/mol. The Morgan fingerprint density at radius 3 is 2.35 bits per heavy atom. The predicted octanol–water partition coefficient (Wildman–Crippen LogP) is 3.76. The lowest BCUT2D eigenvalue weighted by molar-refractivity contribution is -0.146. The van der Waals surface area contributed by atoms with E-state index in [4.69, 9.17) is 9.47 Å². The maximum absolute atomic E-state index is 12.8. The number of esters is 1. The first-order chi connectivity index (χ1) is 12.5. The summed E-state index contributed by atoms with van der Waals surface area (Å²) < 4.78 is 10.0. The lowest BCUT2D eigenvalue weighted by atomic mass is 9.97. The van der Waals surface area contributed by atoms with Crippen LogP contribution in [0.2, 0.25) is 0 Å². The highest BCUT2D eigenvalue weighted by Gasteiger charge is 2.29. The number of piperidine rings is 1. The predicted molar refractivity (Wildman–Crippen MR) is 102 cm³/mol. The van der Waals surface area contributed by atoms with Crippen molar-refractivity contribution in [1.29, 1.82) is 0 Å². The second kappa shape index (κ2) is 7.91. The summed E-state index contributed by atoms with van der Waals surface area (Å²) in [5.74, 6) is 0.586. The molecule has 1 aliphatic heterocycles. The van der Waals surface area contributed by atoms with Gasteiger partial charge in [0.15, 0.2) is 0 Å². The van der Waals surface area contributed by atoms with Crippen molar-refractivity contribution in [3.63, 3.8) is 0 Å². The van der Waals surface area contributed by atoms with Gasteiger partial charge in [-0.15, -0.1) is 11.3 Å². The van der Waals surface area contributed by atoms with Crippen LogP contribution in [0.25, 0.3) is 11.1 Å². The van der Waals surface area contributed by atoms with Crippen LogP contribution < -0.4 is 4.74 Å². The fourth-order valence-corrected chi connectivity index (χ4v) is 4.30. The molecule has 0 saturated carbocycles. The van der Waals surface area contributed by atoms with Crippen LogP contribution in [-0.4, -0.2) is 44.1 Å². The summed E-state index contributed by atoms with van der Waals surface area (Å²) in [6.07, 6.45) is 1.32. The number of likely N-dealkylation sites (tertiary alicyclic amines) is 1. The third-order valence-electron chi connectivity index (χ3n) is 4.85. The summed E-state index contributed by atoms with van der Waals surface area (Å²) in [4.78, 5) is 28.2. The van der Waals surface area contributed by atoms with E-state index in [-0.39, 0.29) is 17.8 Å². The minimum Gasteiger partial charge on any atom is -0.497 e. The van der Waals surface area contributed by atoms with Gasteiger partial charge in [0.2, 0.25) is 0 Å². The molecule has 0 radical (unpaired) electrons. The van der Waals surface area contributed by atoms with Gasteiger partial charge < -0.3 is 14.4 Å². The summed E-state index contributed by atoms with van der Waals surface area (Å²) in [7, 11) is 3.06. The van der Waals surface area contributed by atoms with E-state index in [0.29, 0.717) is 25.9 Å². The quantitative estimate of drug-likeness (QED) is 0.766. The molecule has 0 bridgehead atoms. The fraction of sp³-hybridized carbons (Fsp3) is 0.400. The Kier molecular flexibility index (Phi) is 5.61. The molecule has 2 heterocycles. The summed E-state index contributed by atoms with van der Waals surface area (Å²) in [6.45, 7) is 3.21. The van der Waals surface area contributed by atoms with Crippen molar-refractivity contribution < 1.29 is 19.1 Å². The highest BCUT2D eigenvalue weighted by Crippen LogP contribution is 2.33. The number of amides is 1. The molecule has 1 amide bonds. The van der Waals surface area contributed by atoms with E-state index in [1.165, 1.54) is 18.4 Å². The van der Waals surface area contributed by atoms with Crippen LogP contribution in [0, 0.1) is 12.8 Å². The molecule has 3 rings (SSSR count). The number of benzene rings is 1. The molecule has 0 spiro atoms. The Bertz CT molecular complexity index is 789. The molecule has 1 fully saturated rings. The van der Waals surface area contributed by atoms with Crippen molar-refractivity contribution in [3.05, 3.63) is 40.1 Å². The van der Waals surface area contributed by atoms with E-state index in [2.05, 4.69) is 0 Å². The van der Waals surface area contributed by atoms with Crippen LogP contribution >= 0.6 is 11.3 Å². The number of carbonyl (C=O) groups is 2. The van der Waals surface area contributed by atoms with Gasteiger partial charge >= 0.3 is 5.97 Å². The molecule has 2 aromatic rings. The maximum Gasteiger partial charge on any atom is 0.308 e. The lowest BCUT2D eigenvalue weighted by Gasteiger charge is -2.30. The fourth-order valence-electron chi connectivity index (χ4n) is 3.29. The number of carbonyl (C=O) groups excluding carboxylic acids is 2. The van der Waals surface area contributed by atoms with Gasteiger partial charge in [-0.3, -0.25) is 9.59 Å². The smallest absolute Gasteiger partial charge is 0.308 e. The van der Waals surface area contributed by atoms with E-state index in [1.807, 2.05) is 42.2 Å². The normalized spacial score (nSPS) is 15.0. The molecule has 138 valence electrons. The minimum atomic E-state index is -0.175. The van der Waals surface area contributed by atoms with E-state index in [9.17, 15) is 9.59 Å². The van der Waals surface area contributed by atoms with Crippen molar-refractivity contribution in [3.8, 4) is 16.9 Å². The first-order valence-corrected chi connectivity index (χ1v) is 9.47. The van der Waals surface area contributed by atoms with E-state index in [1.54, 1.807) is 7.11 Å². The van der Waals surface area contributed by atoms with Gasteiger partial charge in [0.05, 0.1) is 25.0 Å². The average Bonchev–Trinajstić information content (AvgIpc) is 3.08. The molecule has 0 atom stereocenters. The molecule has 26 heavy (non-hydrogen) atoms. The third kappa shape index (κ3) is 3.75. The van der Waals surface area contributed by atoms with Crippen molar-refractivity contribution in [2.24, 2.45) is 5.92 Å². The Hall–Kier alpha value is -2.34. The van der Waals surface area contributed by atoms with Gasteiger partial charge in [0, 0.05) is 18.0 Å². The Labute approximate surface area is 157 Å². The monoisotopic (exact) mass is 373 g/mol. The maximum atomic E-state index is 12.8. The number of ether oxygens (including phenoxy) is 2. The van der Waals surface area contributed by atoms with Crippen LogP contribution in [0.1, 0.15) is 27.4 Å². The zero-order valence-corrected chi connectivity index (χ0v) is 16.1.